The minimum absolute atomic E-state index is 0. The lowest BCUT2D eigenvalue weighted by Crippen LogP contribution is -3.00. The largest absolute Gasteiger partial charge is 1.00 e. The molecule has 0 aromatic carbocycles. The van der Waals surface area contributed by atoms with Gasteiger partial charge in [-0.25, -0.2) is 0 Å². The topological polar surface area (TPSA) is 63.6 Å². The highest BCUT2D eigenvalue weighted by Gasteiger charge is 2.24. The van der Waals surface area contributed by atoms with Crippen molar-refractivity contribution < 1.29 is 40.9 Å². The highest BCUT2D eigenvalue weighted by atomic mass is 79.9. The van der Waals surface area contributed by atoms with E-state index in [2.05, 4.69) is 15.9 Å². The van der Waals surface area contributed by atoms with E-state index in [1.165, 1.54) is 0 Å². The van der Waals surface area contributed by atoms with E-state index in [1.807, 2.05) is 21.1 Å². The van der Waals surface area contributed by atoms with Crippen molar-refractivity contribution in [3.63, 3.8) is 0 Å². The van der Waals surface area contributed by atoms with Gasteiger partial charge in [-0.05, 0) is 0 Å². The van der Waals surface area contributed by atoms with Crippen molar-refractivity contribution in [2.75, 3.05) is 33.0 Å². The van der Waals surface area contributed by atoms with E-state index < -0.39 is 18.0 Å². The number of hydrogen-bond acceptors (Lipinski definition) is 3. The van der Waals surface area contributed by atoms with E-state index in [4.69, 9.17) is 9.84 Å². The monoisotopic (exact) mass is 361 g/mol. The van der Waals surface area contributed by atoms with Crippen molar-refractivity contribution in [3.8, 4) is 0 Å². The molecule has 0 amide bonds. The van der Waals surface area contributed by atoms with Gasteiger partial charge in [-0.1, -0.05) is 15.9 Å². The van der Waals surface area contributed by atoms with Crippen LogP contribution in [-0.4, -0.2) is 60.6 Å². The molecule has 0 aliphatic rings. The zero-order chi connectivity index (χ0) is 12.1. The number of likely N-dealkylation sites (N-methyl/N-ethyl adjacent to an activating group) is 1. The molecular formula is C9H17Br2NO4. The summed E-state index contributed by atoms with van der Waals surface area (Å²) in [5, 5.41) is 8.74. The van der Waals surface area contributed by atoms with Crippen LogP contribution in [0.2, 0.25) is 0 Å². The first-order valence-corrected chi connectivity index (χ1v) is 5.64. The first kappa shape index (κ1) is 18.2. The van der Waals surface area contributed by atoms with Gasteiger partial charge in [-0.3, -0.25) is 9.59 Å². The van der Waals surface area contributed by atoms with Crippen LogP contribution in [0.5, 0.6) is 0 Å². The summed E-state index contributed by atoms with van der Waals surface area (Å²) in [6.07, 6.45) is -0.735. The van der Waals surface area contributed by atoms with E-state index in [0.29, 0.717) is 11.0 Å². The van der Waals surface area contributed by atoms with E-state index in [-0.39, 0.29) is 28.7 Å². The molecule has 0 fully saturated rings. The van der Waals surface area contributed by atoms with Crippen LogP contribution in [0.1, 0.15) is 6.42 Å². The molecule has 0 aromatic rings. The summed E-state index contributed by atoms with van der Waals surface area (Å²) in [7, 11) is 5.74. The summed E-state index contributed by atoms with van der Waals surface area (Å²) >= 11 is 2.96. The molecule has 1 atom stereocenters. The summed E-state index contributed by atoms with van der Waals surface area (Å²) in [6, 6.07) is 0. The Morgan fingerprint density at radius 1 is 1.38 bits per heavy atom. The second-order valence-electron chi connectivity index (χ2n) is 4.32. The van der Waals surface area contributed by atoms with E-state index in [9.17, 15) is 9.59 Å². The SMILES string of the molecule is C[N+](C)(C)C[C@@H](CC(=O)O)OC(=O)CBr.[Br-]. The fraction of sp³-hybridized carbons (Fsp3) is 0.778. The molecule has 0 radical (unpaired) electrons. The van der Waals surface area contributed by atoms with Crippen molar-refractivity contribution in [2.24, 2.45) is 0 Å². The number of carbonyl (C=O) groups excluding carboxylic acids is 1. The van der Waals surface area contributed by atoms with E-state index in [0.717, 1.165) is 0 Å². The maximum Gasteiger partial charge on any atom is 0.317 e. The number of carboxylic acids is 1. The third-order valence-corrected chi connectivity index (χ3v) is 2.02. The Balaban J connectivity index is 0. The van der Waals surface area contributed by atoms with Crippen LogP contribution in [0.4, 0.5) is 0 Å². The van der Waals surface area contributed by atoms with Crippen LogP contribution in [0.3, 0.4) is 0 Å². The molecule has 0 aliphatic heterocycles. The number of rotatable bonds is 6. The van der Waals surface area contributed by atoms with Gasteiger partial charge in [-0.15, -0.1) is 0 Å². The number of hydrogen-bond donors (Lipinski definition) is 1. The van der Waals surface area contributed by atoms with Gasteiger partial charge in [0.05, 0.1) is 27.6 Å². The quantitative estimate of drug-likeness (QED) is 0.322. The van der Waals surface area contributed by atoms with Gasteiger partial charge in [0.2, 0.25) is 0 Å². The summed E-state index contributed by atoms with van der Waals surface area (Å²) in [5.41, 5.74) is 0. The molecule has 0 saturated heterocycles. The Kier molecular flexibility index (Phi) is 9.14. The molecule has 0 unspecified atom stereocenters. The smallest absolute Gasteiger partial charge is 0.317 e. The summed E-state index contributed by atoms with van der Waals surface area (Å²) in [6.45, 7) is 0.477. The van der Waals surface area contributed by atoms with Gasteiger partial charge in [-0.2, -0.15) is 0 Å². The van der Waals surface area contributed by atoms with Crippen LogP contribution in [-0.2, 0) is 14.3 Å². The minimum Gasteiger partial charge on any atom is -1.00 e. The second kappa shape index (κ2) is 8.03. The number of nitrogens with zero attached hydrogens (tertiary/aromatic N) is 1. The van der Waals surface area contributed by atoms with Crippen LogP contribution < -0.4 is 17.0 Å². The number of ether oxygens (including phenoxy) is 1. The molecule has 0 bridgehead atoms. The van der Waals surface area contributed by atoms with Crippen molar-refractivity contribution in [1.82, 2.24) is 0 Å². The normalized spacial score (nSPS) is 12.5. The molecule has 16 heavy (non-hydrogen) atoms. The lowest BCUT2D eigenvalue weighted by Gasteiger charge is -2.28. The Morgan fingerprint density at radius 2 is 1.88 bits per heavy atom. The highest BCUT2D eigenvalue weighted by molar-refractivity contribution is 9.09. The predicted octanol–water partition coefficient (Wildman–Crippen LogP) is -2.52. The number of esters is 1. The summed E-state index contributed by atoms with van der Waals surface area (Å²) in [4.78, 5) is 21.6. The summed E-state index contributed by atoms with van der Waals surface area (Å²) < 4.78 is 5.55. The van der Waals surface area contributed by atoms with Crippen molar-refractivity contribution in [3.05, 3.63) is 0 Å². The minimum atomic E-state index is -0.962. The third-order valence-electron chi connectivity index (χ3n) is 1.56. The van der Waals surface area contributed by atoms with Gasteiger partial charge in [0, 0.05) is 0 Å². The van der Waals surface area contributed by atoms with Crippen LogP contribution in [0, 0.1) is 0 Å². The maximum absolute atomic E-state index is 11.0. The lowest BCUT2D eigenvalue weighted by molar-refractivity contribution is -0.873. The molecule has 0 aliphatic carbocycles. The predicted molar refractivity (Wildman–Crippen MR) is 58.8 cm³/mol. The van der Waals surface area contributed by atoms with Crippen molar-refractivity contribution in [2.45, 2.75) is 12.5 Å². The Bertz CT molecular complexity index is 240. The third kappa shape index (κ3) is 10.4. The first-order valence-electron chi connectivity index (χ1n) is 4.52. The molecule has 7 heteroatoms. The molecule has 0 rings (SSSR count). The molecule has 5 nitrogen and oxygen atoms in total. The van der Waals surface area contributed by atoms with Gasteiger partial charge in [0.15, 0.2) is 6.10 Å². The Labute approximate surface area is 114 Å². The van der Waals surface area contributed by atoms with Crippen molar-refractivity contribution >= 4 is 27.9 Å². The Morgan fingerprint density at radius 3 is 2.19 bits per heavy atom. The average Bonchev–Trinajstić information content (AvgIpc) is 1.99. The van der Waals surface area contributed by atoms with Gasteiger partial charge >= 0.3 is 11.9 Å². The zero-order valence-electron chi connectivity index (χ0n) is 9.57. The molecule has 96 valence electrons. The molecule has 0 aromatic heterocycles. The second-order valence-corrected chi connectivity index (χ2v) is 4.88. The first-order chi connectivity index (χ1) is 6.74. The van der Waals surface area contributed by atoms with Gasteiger partial charge in [0.1, 0.15) is 11.9 Å². The summed E-state index contributed by atoms with van der Waals surface area (Å²) in [5.74, 6) is -1.40. The maximum atomic E-state index is 11.0. The molecule has 0 heterocycles. The number of halogens is 2. The van der Waals surface area contributed by atoms with Crippen LogP contribution in [0.15, 0.2) is 0 Å². The Hall–Kier alpha value is -0.140. The fourth-order valence-corrected chi connectivity index (χ4v) is 1.30. The number of aliphatic carboxylic acids is 1. The number of quaternary nitrogens is 1. The van der Waals surface area contributed by atoms with Crippen LogP contribution >= 0.6 is 15.9 Å². The molecular weight excluding hydrogens is 346 g/mol. The average molecular weight is 363 g/mol. The molecule has 0 saturated carbocycles. The fourth-order valence-electron chi connectivity index (χ4n) is 1.17. The van der Waals surface area contributed by atoms with E-state index in [1.54, 1.807) is 0 Å². The van der Waals surface area contributed by atoms with Gasteiger partial charge < -0.3 is 31.3 Å². The van der Waals surface area contributed by atoms with E-state index >= 15 is 0 Å². The number of alkyl halides is 1. The standard InChI is InChI=1S/C9H16BrNO4.BrH/c1-11(2,3)6-7(4-8(12)13)15-9(14)5-10;/h7H,4-6H2,1-3H3;1H/t7-;/m1./s1. The number of carboxylic acid groups (broad SMARTS) is 1. The lowest BCUT2D eigenvalue weighted by atomic mass is 10.2. The molecule has 0 spiro atoms. The zero-order valence-corrected chi connectivity index (χ0v) is 12.7. The van der Waals surface area contributed by atoms with Gasteiger partial charge in [0.25, 0.3) is 0 Å². The molecule has 1 N–H and O–H groups in total. The highest BCUT2D eigenvalue weighted by Crippen LogP contribution is 2.06. The van der Waals surface area contributed by atoms with Crippen LogP contribution in [0.25, 0.3) is 0 Å². The van der Waals surface area contributed by atoms with Crippen molar-refractivity contribution in [1.29, 1.82) is 0 Å². The number of carbonyl (C=O) groups is 2.